The first-order valence-electron chi connectivity index (χ1n) is 9.64. The van der Waals surface area contributed by atoms with E-state index in [1.807, 2.05) is 30.3 Å². The van der Waals surface area contributed by atoms with Gasteiger partial charge in [0.1, 0.15) is 12.4 Å². The molecule has 2 aliphatic rings. The highest BCUT2D eigenvalue weighted by atomic mass is 16.5. The molecule has 1 saturated heterocycles. The molecule has 0 spiro atoms. The third-order valence-corrected chi connectivity index (χ3v) is 5.23. The lowest BCUT2D eigenvalue weighted by molar-refractivity contribution is -0.127. The van der Waals surface area contributed by atoms with Crippen LogP contribution in [0.4, 0.5) is 0 Å². The molecular weight excluding hydrogens is 340 g/mol. The fraction of sp³-hybridized carbons (Fsp3) is 0.409. The van der Waals surface area contributed by atoms with Crippen molar-refractivity contribution >= 4 is 5.91 Å². The number of carbonyl (C=O) groups excluding carboxylic acids is 1. The molecule has 1 fully saturated rings. The van der Waals surface area contributed by atoms with E-state index in [1.165, 1.54) is 5.56 Å². The molecule has 2 heterocycles. The van der Waals surface area contributed by atoms with Crippen LogP contribution >= 0.6 is 0 Å². The zero-order valence-electron chi connectivity index (χ0n) is 15.5. The second-order valence-corrected chi connectivity index (χ2v) is 7.28. The summed E-state index contributed by atoms with van der Waals surface area (Å²) in [5.41, 5.74) is 2.41. The fourth-order valence-electron chi connectivity index (χ4n) is 3.74. The smallest absolute Gasteiger partial charge is 0.226 e. The van der Waals surface area contributed by atoms with Crippen LogP contribution in [0.15, 0.2) is 54.6 Å². The summed E-state index contributed by atoms with van der Waals surface area (Å²) < 4.78 is 11.6. The number of ether oxygens (including phenoxy) is 2. The van der Waals surface area contributed by atoms with Gasteiger partial charge in [0.2, 0.25) is 5.91 Å². The van der Waals surface area contributed by atoms with Crippen LogP contribution < -0.4 is 10.1 Å². The molecule has 0 radical (unpaired) electrons. The minimum absolute atomic E-state index is 0.0307. The number of morpholine rings is 1. The van der Waals surface area contributed by atoms with Crippen molar-refractivity contribution in [2.24, 2.45) is 5.92 Å². The largest absolute Gasteiger partial charge is 0.492 e. The van der Waals surface area contributed by atoms with Crippen LogP contribution in [-0.2, 0) is 22.5 Å². The van der Waals surface area contributed by atoms with E-state index in [9.17, 15) is 4.79 Å². The van der Waals surface area contributed by atoms with Crippen LogP contribution in [0.25, 0.3) is 0 Å². The van der Waals surface area contributed by atoms with Gasteiger partial charge in [-0.15, -0.1) is 0 Å². The molecule has 2 aromatic carbocycles. The minimum atomic E-state index is -0.135. The Kier molecular flexibility index (Phi) is 5.70. The Balaban J connectivity index is 1.25. The van der Waals surface area contributed by atoms with Gasteiger partial charge in [-0.1, -0.05) is 48.5 Å². The molecule has 1 amide bonds. The zero-order valence-corrected chi connectivity index (χ0v) is 15.5. The normalized spacial score (nSPS) is 22.5. The van der Waals surface area contributed by atoms with Gasteiger partial charge < -0.3 is 14.8 Å². The summed E-state index contributed by atoms with van der Waals surface area (Å²) in [4.78, 5) is 14.9. The van der Waals surface area contributed by atoms with Crippen molar-refractivity contribution < 1.29 is 14.3 Å². The second-order valence-electron chi connectivity index (χ2n) is 7.28. The summed E-state index contributed by atoms with van der Waals surface area (Å²) in [5, 5.41) is 3.07. The standard InChI is InChI=1S/C22H26N2O3/c25-22(19-12-18-8-4-5-9-21(18)27-16-19)23-13-20-15-24(10-11-26-20)14-17-6-2-1-3-7-17/h1-9,19-20H,10-16H2,(H,23,25)/t19-,20+/m0/s1. The quantitative estimate of drug-likeness (QED) is 0.882. The highest BCUT2D eigenvalue weighted by molar-refractivity contribution is 5.79. The highest BCUT2D eigenvalue weighted by Gasteiger charge is 2.27. The van der Waals surface area contributed by atoms with Crippen molar-refractivity contribution in [2.75, 3.05) is 32.8 Å². The maximum Gasteiger partial charge on any atom is 0.226 e. The van der Waals surface area contributed by atoms with E-state index < -0.39 is 0 Å². The highest BCUT2D eigenvalue weighted by Crippen LogP contribution is 2.26. The van der Waals surface area contributed by atoms with Gasteiger partial charge in [-0.2, -0.15) is 0 Å². The predicted octanol–water partition coefficient (Wildman–Crippen LogP) is 2.25. The van der Waals surface area contributed by atoms with Crippen LogP contribution in [0.1, 0.15) is 11.1 Å². The minimum Gasteiger partial charge on any atom is -0.492 e. The Bertz CT molecular complexity index is 765. The van der Waals surface area contributed by atoms with Crippen LogP contribution in [0.5, 0.6) is 5.75 Å². The summed E-state index contributed by atoms with van der Waals surface area (Å²) in [5.74, 6) is 0.811. The number of carbonyl (C=O) groups is 1. The van der Waals surface area contributed by atoms with Gasteiger partial charge in [0, 0.05) is 26.2 Å². The first-order chi connectivity index (χ1) is 13.3. The summed E-state index contributed by atoms with van der Waals surface area (Å²) in [6.07, 6.45) is 0.761. The number of hydrogen-bond donors (Lipinski definition) is 1. The molecule has 0 saturated carbocycles. The van der Waals surface area contributed by atoms with E-state index in [0.29, 0.717) is 19.8 Å². The molecule has 0 bridgehead atoms. The van der Waals surface area contributed by atoms with Crippen molar-refractivity contribution in [3.05, 3.63) is 65.7 Å². The number of rotatable bonds is 5. The van der Waals surface area contributed by atoms with Gasteiger partial charge in [0.25, 0.3) is 0 Å². The van der Waals surface area contributed by atoms with Crippen LogP contribution in [-0.4, -0.2) is 49.8 Å². The van der Waals surface area contributed by atoms with E-state index in [4.69, 9.17) is 9.47 Å². The molecule has 2 atom stereocenters. The molecule has 4 rings (SSSR count). The van der Waals surface area contributed by atoms with Gasteiger partial charge in [0.05, 0.1) is 18.6 Å². The van der Waals surface area contributed by atoms with Crippen molar-refractivity contribution in [1.29, 1.82) is 0 Å². The molecule has 0 unspecified atom stereocenters. The van der Waals surface area contributed by atoms with Gasteiger partial charge in [-0.3, -0.25) is 9.69 Å². The van der Waals surface area contributed by atoms with E-state index >= 15 is 0 Å². The number of nitrogens with zero attached hydrogens (tertiary/aromatic N) is 1. The lowest BCUT2D eigenvalue weighted by Crippen LogP contribution is -2.48. The molecule has 142 valence electrons. The van der Waals surface area contributed by atoms with Crippen molar-refractivity contribution in [3.8, 4) is 5.75 Å². The predicted molar refractivity (Wildman–Crippen MR) is 104 cm³/mol. The number of amides is 1. The molecule has 2 aromatic rings. The number of hydrogen-bond acceptors (Lipinski definition) is 4. The topological polar surface area (TPSA) is 50.8 Å². The van der Waals surface area contributed by atoms with Gasteiger partial charge >= 0.3 is 0 Å². The Hall–Kier alpha value is -2.37. The molecule has 2 aliphatic heterocycles. The van der Waals surface area contributed by atoms with Crippen LogP contribution in [0, 0.1) is 5.92 Å². The zero-order chi connectivity index (χ0) is 18.5. The molecule has 5 heteroatoms. The number of fused-ring (bicyclic) bond motifs is 1. The third kappa shape index (κ3) is 4.67. The molecule has 5 nitrogen and oxygen atoms in total. The van der Waals surface area contributed by atoms with E-state index in [-0.39, 0.29) is 17.9 Å². The van der Waals surface area contributed by atoms with Gasteiger partial charge in [-0.05, 0) is 23.6 Å². The second kappa shape index (κ2) is 8.55. The lowest BCUT2D eigenvalue weighted by atomic mass is 9.96. The number of para-hydroxylation sites is 1. The maximum atomic E-state index is 12.6. The van der Waals surface area contributed by atoms with Gasteiger partial charge in [0.15, 0.2) is 0 Å². The fourth-order valence-corrected chi connectivity index (χ4v) is 3.74. The Morgan fingerprint density at radius 1 is 1.11 bits per heavy atom. The maximum absolute atomic E-state index is 12.6. The average molecular weight is 366 g/mol. The third-order valence-electron chi connectivity index (χ3n) is 5.23. The van der Waals surface area contributed by atoms with E-state index in [1.54, 1.807) is 0 Å². The lowest BCUT2D eigenvalue weighted by Gasteiger charge is -2.33. The monoisotopic (exact) mass is 366 g/mol. The molecule has 27 heavy (non-hydrogen) atoms. The average Bonchev–Trinajstić information content (AvgIpc) is 2.73. The van der Waals surface area contributed by atoms with Crippen LogP contribution in [0.3, 0.4) is 0 Å². The summed E-state index contributed by atoms with van der Waals surface area (Å²) in [6.45, 7) is 4.36. The van der Waals surface area contributed by atoms with Gasteiger partial charge in [-0.25, -0.2) is 0 Å². The first-order valence-corrected chi connectivity index (χ1v) is 9.64. The summed E-state index contributed by atoms with van der Waals surface area (Å²) in [7, 11) is 0. The van der Waals surface area contributed by atoms with Crippen LogP contribution in [0.2, 0.25) is 0 Å². The van der Waals surface area contributed by atoms with Crippen molar-refractivity contribution in [2.45, 2.75) is 19.1 Å². The van der Waals surface area contributed by atoms with E-state index in [2.05, 4.69) is 34.5 Å². The molecular formula is C22H26N2O3. The molecule has 0 aliphatic carbocycles. The van der Waals surface area contributed by atoms with Crippen molar-refractivity contribution in [1.82, 2.24) is 10.2 Å². The summed E-state index contributed by atoms with van der Waals surface area (Å²) in [6, 6.07) is 18.4. The van der Waals surface area contributed by atoms with E-state index in [0.717, 1.165) is 37.4 Å². The molecule has 0 aromatic heterocycles. The Morgan fingerprint density at radius 3 is 2.81 bits per heavy atom. The SMILES string of the molecule is O=C(NC[C@@H]1CN(Cc2ccccc2)CCO1)[C@@H]1COc2ccccc2C1. The Labute approximate surface area is 160 Å². The number of benzene rings is 2. The first kappa shape index (κ1) is 18.0. The van der Waals surface area contributed by atoms with Crippen molar-refractivity contribution in [3.63, 3.8) is 0 Å². The molecule has 1 N–H and O–H groups in total. The Morgan fingerprint density at radius 2 is 1.93 bits per heavy atom. The number of nitrogens with one attached hydrogen (secondary N) is 1. The summed E-state index contributed by atoms with van der Waals surface area (Å²) >= 11 is 0.